The number of fused-ring (bicyclic) bond motifs is 2. The van der Waals surface area contributed by atoms with Gasteiger partial charge in [0.15, 0.2) is 0 Å². The number of hydrogen-bond donors (Lipinski definition) is 3. The van der Waals surface area contributed by atoms with Crippen LogP contribution in [0, 0.1) is 0 Å². The highest BCUT2D eigenvalue weighted by Gasteiger charge is 2.28. The minimum atomic E-state index is -0.539. The van der Waals surface area contributed by atoms with Crippen molar-refractivity contribution in [2.45, 2.75) is 44.2 Å². The average Bonchev–Trinajstić information content (AvgIpc) is 3.12. The van der Waals surface area contributed by atoms with Gasteiger partial charge in [0.05, 0.1) is 17.3 Å². The highest BCUT2D eigenvalue weighted by Crippen LogP contribution is 2.31. The molecule has 3 N–H and O–H groups in total. The van der Waals surface area contributed by atoms with Crippen LogP contribution in [0.2, 0.25) is 0 Å². The normalized spacial score (nSPS) is 22.6. The number of benzene rings is 1. The maximum Gasteiger partial charge on any atom is 0.224 e. The SMILES string of the molecule is C[C@]1(O)CC[C@H](Nc2ncc3c(-c4ccc5nnccc5c4)c[nH]c3n2)CC1. The fourth-order valence-electron chi connectivity index (χ4n) is 3.94. The van der Waals surface area contributed by atoms with E-state index in [-0.39, 0.29) is 0 Å². The Balaban J connectivity index is 1.41. The topological polar surface area (TPSA) is 99.6 Å². The van der Waals surface area contributed by atoms with E-state index in [1.54, 1.807) is 6.20 Å². The van der Waals surface area contributed by atoms with Crippen LogP contribution in [0.15, 0.2) is 42.9 Å². The Bertz CT molecular complexity index is 1140. The molecule has 7 heteroatoms. The monoisotopic (exact) mass is 374 g/mol. The minimum absolute atomic E-state index is 0.300. The van der Waals surface area contributed by atoms with Crippen LogP contribution in [0.25, 0.3) is 33.1 Å². The largest absolute Gasteiger partial charge is 0.390 e. The van der Waals surface area contributed by atoms with Crippen molar-refractivity contribution in [3.05, 3.63) is 42.9 Å². The number of aliphatic hydroxyl groups is 1. The van der Waals surface area contributed by atoms with Gasteiger partial charge in [-0.05, 0) is 56.4 Å². The molecule has 1 saturated carbocycles. The zero-order chi connectivity index (χ0) is 19.1. The maximum absolute atomic E-state index is 10.1. The fraction of sp³-hybridized carbons (Fsp3) is 0.333. The zero-order valence-corrected chi connectivity index (χ0v) is 15.7. The first-order valence-electron chi connectivity index (χ1n) is 9.62. The molecule has 0 radical (unpaired) electrons. The predicted molar refractivity (Wildman–Crippen MR) is 109 cm³/mol. The third-order valence-corrected chi connectivity index (χ3v) is 5.65. The van der Waals surface area contributed by atoms with Crippen molar-refractivity contribution >= 4 is 27.9 Å². The van der Waals surface area contributed by atoms with Crippen LogP contribution in [0.4, 0.5) is 5.95 Å². The maximum atomic E-state index is 10.1. The van der Waals surface area contributed by atoms with Crippen molar-refractivity contribution in [3.63, 3.8) is 0 Å². The molecule has 0 amide bonds. The van der Waals surface area contributed by atoms with E-state index in [1.807, 2.05) is 37.5 Å². The van der Waals surface area contributed by atoms with Gasteiger partial charge in [-0.2, -0.15) is 15.2 Å². The Labute approximate surface area is 162 Å². The summed E-state index contributed by atoms with van der Waals surface area (Å²) in [4.78, 5) is 12.4. The number of nitrogens with one attached hydrogen (secondary N) is 2. The lowest BCUT2D eigenvalue weighted by atomic mass is 9.84. The quantitative estimate of drug-likeness (QED) is 0.506. The van der Waals surface area contributed by atoms with Crippen molar-refractivity contribution < 1.29 is 5.11 Å². The third-order valence-electron chi connectivity index (χ3n) is 5.65. The Kier molecular flexibility index (Phi) is 3.98. The molecule has 3 heterocycles. The summed E-state index contributed by atoms with van der Waals surface area (Å²) in [5.41, 5.74) is 3.30. The van der Waals surface area contributed by atoms with Gasteiger partial charge in [-0.15, -0.1) is 0 Å². The van der Waals surface area contributed by atoms with Gasteiger partial charge in [0.1, 0.15) is 5.65 Å². The lowest BCUT2D eigenvalue weighted by molar-refractivity contribution is 0.0196. The fourth-order valence-corrected chi connectivity index (χ4v) is 3.94. The van der Waals surface area contributed by atoms with Gasteiger partial charge < -0.3 is 15.4 Å². The third kappa shape index (κ3) is 3.18. The van der Waals surface area contributed by atoms with E-state index in [2.05, 4.69) is 36.5 Å². The number of anilines is 1. The number of aromatic nitrogens is 5. The molecule has 5 rings (SSSR count). The van der Waals surface area contributed by atoms with Gasteiger partial charge in [-0.1, -0.05) is 6.07 Å². The molecule has 28 heavy (non-hydrogen) atoms. The zero-order valence-electron chi connectivity index (χ0n) is 15.7. The minimum Gasteiger partial charge on any atom is -0.390 e. The summed E-state index contributed by atoms with van der Waals surface area (Å²) in [5.74, 6) is 0.626. The summed E-state index contributed by atoms with van der Waals surface area (Å²) >= 11 is 0. The molecule has 4 aromatic rings. The second-order valence-corrected chi connectivity index (χ2v) is 7.88. The molecule has 0 unspecified atom stereocenters. The van der Waals surface area contributed by atoms with Crippen LogP contribution in [0.1, 0.15) is 32.6 Å². The molecule has 7 nitrogen and oxygen atoms in total. The number of H-pyrrole nitrogens is 1. The van der Waals surface area contributed by atoms with Gasteiger partial charge in [0.25, 0.3) is 0 Å². The number of hydrogen-bond acceptors (Lipinski definition) is 6. The van der Waals surface area contributed by atoms with Crippen LogP contribution >= 0.6 is 0 Å². The Hall–Kier alpha value is -3.06. The molecule has 1 aliphatic rings. The molecule has 0 aliphatic heterocycles. The molecular formula is C21H22N6O. The van der Waals surface area contributed by atoms with Crippen molar-refractivity contribution in [3.8, 4) is 11.1 Å². The molecule has 1 aromatic carbocycles. The van der Waals surface area contributed by atoms with Gasteiger partial charge >= 0.3 is 0 Å². The Morgan fingerprint density at radius 1 is 1.21 bits per heavy atom. The Morgan fingerprint density at radius 2 is 2.07 bits per heavy atom. The molecule has 0 bridgehead atoms. The second kappa shape index (κ2) is 6.53. The number of rotatable bonds is 3. The van der Waals surface area contributed by atoms with Gasteiger partial charge in [0.2, 0.25) is 5.95 Å². The summed E-state index contributed by atoms with van der Waals surface area (Å²) < 4.78 is 0. The first-order valence-corrected chi connectivity index (χ1v) is 9.62. The summed E-state index contributed by atoms with van der Waals surface area (Å²) in [6.07, 6.45) is 8.97. The van der Waals surface area contributed by atoms with Crippen molar-refractivity contribution in [1.82, 2.24) is 25.1 Å². The highest BCUT2D eigenvalue weighted by molar-refractivity contribution is 5.96. The molecule has 0 saturated heterocycles. The lowest BCUT2D eigenvalue weighted by Crippen LogP contribution is -2.36. The van der Waals surface area contributed by atoms with E-state index < -0.39 is 5.60 Å². The van der Waals surface area contributed by atoms with E-state index in [4.69, 9.17) is 0 Å². The van der Waals surface area contributed by atoms with Gasteiger partial charge in [0, 0.05) is 34.8 Å². The van der Waals surface area contributed by atoms with Crippen molar-refractivity contribution in [2.75, 3.05) is 5.32 Å². The van der Waals surface area contributed by atoms with E-state index in [0.717, 1.165) is 58.7 Å². The summed E-state index contributed by atoms with van der Waals surface area (Å²) in [5, 5.41) is 23.6. The summed E-state index contributed by atoms with van der Waals surface area (Å²) in [6.45, 7) is 1.91. The van der Waals surface area contributed by atoms with Gasteiger partial charge in [-0.3, -0.25) is 0 Å². The number of aromatic amines is 1. The van der Waals surface area contributed by atoms with Gasteiger partial charge in [-0.25, -0.2) is 4.98 Å². The van der Waals surface area contributed by atoms with Crippen LogP contribution in [0.3, 0.4) is 0 Å². The molecule has 3 aromatic heterocycles. The highest BCUT2D eigenvalue weighted by atomic mass is 16.3. The molecule has 1 fully saturated rings. The molecular weight excluding hydrogens is 352 g/mol. The summed E-state index contributed by atoms with van der Waals surface area (Å²) in [6, 6.07) is 8.38. The van der Waals surface area contributed by atoms with E-state index >= 15 is 0 Å². The van der Waals surface area contributed by atoms with E-state index in [1.165, 1.54) is 0 Å². The van der Waals surface area contributed by atoms with Crippen molar-refractivity contribution in [1.29, 1.82) is 0 Å². The van der Waals surface area contributed by atoms with Crippen LogP contribution in [-0.2, 0) is 0 Å². The molecule has 142 valence electrons. The van der Waals surface area contributed by atoms with Crippen LogP contribution in [0.5, 0.6) is 0 Å². The lowest BCUT2D eigenvalue weighted by Gasteiger charge is -2.33. The van der Waals surface area contributed by atoms with Crippen LogP contribution < -0.4 is 5.32 Å². The standard InChI is InChI=1S/C21H22N6O/c1-21(28)7-4-15(5-8-21)25-20-23-12-17-16(11-22-19(17)26-20)13-2-3-18-14(10-13)6-9-24-27-18/h2-3,6,9-12,15,28H,4-5,7-8H2,1H3,(H2,22,23,25,26)/t15-,21-. The smallest absolute Gasteiger partial charge is 0.224 e. The molecule has 0 spiro atoms. The van der Waals surface area contributed by atoms with Crippen molar-refractivity contribution in [2.24, 2.45) is 0 Å². The first kappa shape index (κ1) is 17.1. The first-order chi connectivity index (χ1) is 13.6. The average molecular weight is 374 g/mol. The Morgan fingerprint density at radius 3 is 2.93 bits per heavy atom. The van der Waals surface area contributed by atoms with Crippen LogP contribution in [-0.4, -0.2) is 41.9 Å². The molecule has 0 atom stereocenters. The molecule has 1 aliphatic carbocycles. The predicted octanol–water partition coefficient (Wildman–Crippen LogP) is 3.67. The number of nitrogens with zero attached hydrogens (tertiary/aromatic N) is 4. The van der Waals surface area contributed by atoms with E-state index in [0.29, 0.717) is 12.0 Å². The van der Waals surface area contributed by atoms with E-state index in [9.17, 15) is 5.11 Å². The summed E-state index contributed by atoms with van der Waals surface area (Å²) in [7, 11) is 0. The second-order valence-electron chi connectivity index (χ2n) is 7.88.